The molecule has 1 heterocycles. The molecular formula is C12H15ClN2O2. The van der Waals surface area contributed by atoms with Crippen LogP contribution in [0.25, 0.3) is 0 Å². The fourth-order valence-corrected chi connectivity index (χ4v) is 2.06. The van der Waals surface area contributed by atoms with Gasteiger partial charge in [-0.25, -0.2) is 0 Å². The predicted octanol–water partition coefficient (Wildman–Crippen LogP) is 1.34. The SMILES string of the molecule is Cc1ccc(N2C(=O)COCC2CN)cc1Cl. The smallest absolute Gasteiger partial charge is 0.253 e. The lowest BCUT2D eigenvalue weighted by Crippen LogP contribution is -2.53. The Balaban J connectivity index is 2.34. The molecular weight excluding hydrogens is 240 g/mol. The van der Waals surface area contributed by atoms with Gasteiger partial charge in [-0.3, -0.25) is 4.79 Å². The topological polar surface area (TPSA) is 55.6 Å². The zero-order valence-electron chi connectivity index (χ0n) is 9.65. The third-order valence-electron chi connectivity index (χ3n) is 2.88. The Morgan fingerprint density at radius 3 is 3.00 bits per heavy atom. The summed E-state index contributed by atoms with van der Waals surface area (Å²) in [6.07, 6.45) is 0. The normalized spacial score (nSPS) is 20.8. The zero-order chi connectivity index (χ0) is 12.4. The number of benzene rings is 1. The second-order valence-electron chi connectivity index (χ2n) is 4.10. The van der Waals surface area contributed by atoms with Gasteiger partial charge in [-0.05, 0) is 24.6 Å². The number of rotatable bonds is 2. The first kappa shape index (κ1) is 12.4. The number of hydrogen-bond acceptors (Lipinski definition) is 3. The number of hydrogen-bond donors (Lipinski definition) is 1. The standard InChI is InChI=1S/C12H15ClN2O2/c1-8-2-3-9(4-11(8)13)15-10(5-14)6-17-7-12(15)16/h2-4,10H,5-7,14H2,1H3. The highest BCUT2D eigenvalue weighted by Crippen LogP contribution is 2.26. The van der Waals surface area contributed by atoms with Crippen molar-refractivity contribution < 1.29 is 9.53 Å². The fourth-order valence-electron chi connectivity index (χ4n) is 1.89. The van der Waals surface area contributed by atoms with Gasteiger partial charge >= 0.3 is 0 Å². The number of carbonyl (C=O) groups excluding carboxylic acids is 1. The van der Waals surface area contributed by atoms with Crippen LogP contribution in [0.15, 0.2) is 18.2 Å². The summed E-state index contributed by atoms with van der Waals surface area (Å²) in [6, 6.07) is 5.46. The summed E-state index contributed by atoms with van der Waals surface area (Å²) >= 11 is 6.07. The van der Waals surface area contributed by atoms with Gasteiger partial charge in [0.2, 0.25) is 0 Å². The molecule has 1 aromatic rings. The van der Waals surface area contributed by atoms with E-state index < -0.39 is 0 Å². The zero-order valence-corrected chi connectivity index (χ0v) is 10.4. The second kappa shape index (κ2) is 5.04. The van der Waals surface area contributed by atoms with E-state index in [4.69, 9.17) is 22.1 Å². The fraction of sp³-hybridized carbons (Fsp3) is 0.417. The molecule has 1 fully saturated rings. The highest BCUT2D eigenvalue weighted by molar-refractivity contribution is 6.31. The Bertz CT molecular complexity index is 437. The van der Waals surface area contributed by atoms with Crippen molar-refractivity contribution in [3.63, 3.8) is 0 Å². The summed E-state index contributed by atoms with van der Waals surface area (Å²) in [5, 5.41) is 0.651. The first-order chi connectivity index (χ1) is 8.13. The first-order valence-electron chi connectivity index (χ1n) is 5.49. The van der Waals surface area contributed by atoms with Gasteiger partial charge in [-0.2, -0.15) is 0 Å². The number of nitrogens with two attached hydrogens (primary N) is 1. The number of amides is 1. The molecule has 2 N–H and O–H groups in total. The van der Waals surface area contributed by atoms with Crippen LogP contribution in [0.1, 0.15) is 5.56 Å². The van der Waals surface area contributed by atoms with Gasteiger partial charge in [0.05, 0.1) is 12.6 Å². The van der Waals surface area contributed by atoms with E-state index in [9.17, 15) is 4.79 Å². The molecule has 0 saturated carbocycles. The molecule has 4 nitrogen and oxygen atoms in total. The van der Waals surface area contributed by atoms with Crippen LogP contribution in [0.5, 0.6) is 0 Å². The number of morpholine rings is 1. The number of halogens is 1. The molecule has 0 aromatic heterocycles. The van der Waals surface area contributed by atoms with Crippen molar-refractivity contribution >= 4 is 23.2 Å². The minimum absolute atomic E-state index is 0.0772. The molecule has 1 amide bonds. The summed E-state index contributed by atoms with van der Waals surface area (Å²) in [5.41, 5.74) is 7.42. The summed E-state index contributed by atoms with van der Waals surface area (Å²) in [5.74, 6) is -0.0772. The highest BCUT2D eigenvalue weighted by Gasteiger charge is 2.29. The lowest BCUT2D eigenvalue weighted by atomic mass is 10.1. The summed E-state index contributed by atoms with van der Waals surface area (Å²) in [7, 11) is 0. The molecule has 17 heavy (non-hydrogen) atoms. The van der Waals surface area contributed by atoms with Crippen LogP contribution >= 0.6 is 11.6 Å². The number of carbonyl (C=O) groups is 1. The van der Waals surface area contributed by atoms with Crippen LogP contribution < -0.4 is 10.6 Å². The molecule has 1 atom stereocenters. The third-order valence-corrected chi connectivity index (χ3v) is 3.28. The lowest BCUT2D eigenvalue weighted by molar-refractivity contribution is -0.127. The van der Waals surface area contributed by atoms with Crippen molar-refractivity contribution in [2.24, 2.45) is 5.73 Å². The minimum atomic E-state index is -0.116. The van der Waals surface area contributed by atoms with Crippen LogP contribution in [0, 0.1) is 6.92 Å². The lowest BCUT2D eigenvalue weighted by Gasteiger charge is -2.34. The Hall–Kier alpha value is -1.10. The van der Waals surface area contributed by atoms with Gasteiger partial charge in [-0.15, -0.1) is 0 Å². The van der Waals surface area contributed by atoms with Gasteiger partial charge in [0.1, 0.15) is 6.61 Å². The molecule has 0 aliphatic carbocycles. The van der Waals surface area contributed by atoms with Crippen molar-refractivity contribution in [1.29, 1.82) is 0 Å². The van der Waals surface area contributed by atoms with Gasteiger partial charge in [0, 0.05) is 17.3 Å². The van der Waals surface area contributed by atoms with E-state index in [-0.39, 0.29) is 18.6 Å². The van der Waals surface area contributed by atoms with Gasteiger partial charge in [-0.1, -0.05) is 17.7 Å². The van der Waals surface area contributed by atoms with E-state index in [1.807, 2.05) is 19.1 Å². The second-order valence-corrected chi connectivity index (χ2v) is 4.51. The molecule has 1 saturated heterocycles. The highest BCUT2D eigenvalue weighted by atomic mass is 35.5. The number of ether oxygens (including phenoxy) is 1. The molecule has 0 bridgehead atoms. The van der Waals surface area contributed by atoms with Gasteiger partial charge in [0.15, 0.2) is 0 Å². The number of anilines is 1. The van der Waals surface area contributed by atoms with Gasteiger partial charge < -0.3 is 15.4 Å². The van der Waals surface area contributed by atoms with Crippen LogP contribution in [-0.4, -0.2) is 31.7 Å². The molecule has 0 spiro atoms. The van der Waals surface area contributed by atoms with Crippen LogP contribution in [0.3, 0.4) is 0 Å². The summed E-state index contributed by atoms with van der Waals surface area (Å²) in [4.78, 5) is 13.5. The average molecular weight is 255 g/mol. The van der Waals surface area contributed by atoms with Crippen molar-refractivity contribution in [3.05, 3.63) is 28.8 Å². The Morgan fingerprint density at radius 2 is 2.35 bits per heavy atom. The van der Waals surface area contributed by atoms with Crippen molar-refractivity contribution in [2.75, 3.05) is 24.7 Å². The third kappa shape index (κ3) is 2.44. The van der Waals surface area contributed by atoms with E-state index in [0.29, 0.717) is 18.2 Å². The van der Waals surface area contributed by atoms with E-state index in [0.717, 1.165) is 11.3 Å². The van der Waals surface area contributed by atoms with Crippen molar-refractivity contribution in [3.8, 4) is 0 Å². The van der Waals surface area contributed by atoms with Crippen molar-refractivity contribution in [1.82, 2.24) is 0 Å². The van der Waals surface area contributed by atoms with E-state index in [2.05, 4.69) is 0 Å². The van der Waals surface area contributed by atoms with E-state index in [1.165, 1.54) is 0 Å². The number of aryl methyl sites for hydroxylation is 1. The van der Waals surface area contributed by atoms with Crippen LogP contribution in [0.4, 0.5) is 5.69 Å². The monoisotopic (exact) mass is 254 g/mol. The maximum absolute atomic E-state index is 11.9. The summed E-state index contributed by atoms with van der Waals surface area (Å²) in [6.45, 7) is 2.86. The Morgan fingerprint density at radius 1 is 1.59 bits per heavy atom. The van der Waals surface area contributed by atoms with Crippen molar-refractivity contribution in [2.45, 2.75) is 13.0 Å². The van der Waals surface area contributed by atoms with Gasteiger partial charge in [0.25, 0.3) is 5.91 Å². The molecule has 0 radical (unpaired) electrons. The summed E-state index contributed by atoms with van der Waals surface area (Å²) < 4.78 is 5.19. The molecule has 5 heteroatoms. The molecule has 1 unspecified atom stereocenters. The average Bonchev–Trinajstić information content (AvgIpc) is 2.32. The van der Waals surface area contributed by atoms with Crippen LogP contribution in [0.2, 0.25) is 5.02 Å². The largest absolute Gasteiger partial charge is 0.369 e. The minimum Gasteiger partial charge on any atom is -0.369 e. The van der Waals surface area contributed by atoms with E-state index in [1.54, 1.807) is 11.0 Å². The number of nitrogens with zero attached hydrogens (tertiary/aromatic N) is 1. The Kier molecular flexibility index (Phi) is 3.66. The predicted molar refractivity (Wildman–Crippen MR) is 67.3 cm³/mol. The molecule has 1 aromatic carbocycles. The maximum Gasteiger partial charge on any atom is 0.253 e. The van der Waals surface area contributed by atoms with E-state index >= 15 is 0 Å². The Labute approximate surface area is 105 Å². The quantitative estimate of drug-likeness (QED) is 0.867. The molecule has 1 aliphatic heterocycles. The molecule has 2 rings (SSSR count). The molecule has 92 valence electrons. The molecule has 1 aliphatic rings. The van der Waals surface area contributed by atoms with Crippen LogP contribution in [-0.2, 0) is 9.53 Å². The maximum atomic E-state index is 11.9. The first-order valence-corrected chi connectivity index (χ1v) is 5.87.